The molecule has 0 aliphatic rings. The number of nitrogens with two attached hydrogens (primary N) is 1. The molecule has 0 fully saturated rings. The van der Waals surface area contributed by atoms with Crippen molar-refractivity contribution in [3.05, 3.63) is 29.3 Å². The van der Waals surface area contributed by atoms with Crippen molar-refractivity contribution in [3.8, 4) is 0 Å². The maximum Gasteiger partial charge on any atom is 0.377 e. The number of nitrogens with one attached hydrogen (secondary N) is 1. The van der Waals surface area contributed by atoms with Crippen molar-refractivity contribution in [1.82, 2.24) is 0 Å². The molecule has 0 heterocycles. The number of amides is 2. The van der Waals surface area contributed by atoms with Gasteiger partial charge in [0.15, 0.2) is 0 Å². The molecule has 0 spiro atoms. The fourth-order valence-corrected chi connectivity index (χ4v) is 0.801. The highest BCUT2D eigenvalue weighted by molar-refractivity contribution is 8.04. The summed E-state index contributed by atoms with van der Waals surface area (Å²) in [5.74, 6) is 0. The van der Waals surface area contributed by atoms with Gasteiger partial charge in [0, 0.05) is 10.7 Å². The molecular formula is C7H8Cl3N2O3P. The van der Waals surface area contributed by atoms with E-state index in [2.05, 4.69) is 27.8 Å². The van der Waals surface area contributed by atoms with E-state index in [9.17, 15) is 9.36 Å². The Labute approximate surface area is 107 Å². The lowest BCUT2D eigenvalue weighted by atomic mass is 10.3. The lowest BCUT2D eigenvalue weighted by Crippen LogP contribution is -2.18. The first-order valence-corrected chi connectivity index (χ1v) is 7.57. The predicted octanol–water partition coefficient (Wildman–Crippen LogP) is 3.40. The standard InChI is InChI=1S/C7H7ClN2O.Cl2HO2P/c8-5-1-3-6(4-2-5)10-7(9)11;1-5(2,3)4/h1-4H,(H3,9,10,11);(H,3,4). The zero-order valence-electron chi connectivity index (χ0n) is 7.73. The molecule has 16 heavy (non-hydrogen) atoms. The smallest absolute Gasteiger partial charge is 0.351 e. The summed E-state index contributed by atoms with van der Waals surface area (Å²) >= 11 is 14.4. The molecule has 9 heteroatoms. The number of carbonyl (C=O) groups excluding carboxylic acids is 1. The number of halogens is 3. The number of hydrogen-bond acceptors (Lipinski definition) is 2. The van der Waals surface area contributed by atoms with Crippen LogP contribution in [0.2, 0.25) is 5.02 Å². The average molecular weight is 305 g/mol. The molecule has 0 saturated heterocycles. The summed E-state index contributed by atoms with van der Waals surface area (Å²) in [5, 5.41) is 3.04. The lowest BCUT2D eigenvalue weighted by Gasteiger charge is -1.99. The first-order valence-electron chi connectivity index (χ1n) is 3.72. The SMILES string of the molecule is NC(=O)Nc1ccc(Cl)cc1.O=P(O)(Cl)Cl. The summed E-state index contributed by atoms with van der Waals surface area (Å²) in [6.45, 7) is 0. The van der Waals surface area contributed by atoms with Gasteiger partial charge in [-0.15, -0.1) is 0 Å². The van der Waals surface area contributed by atoms with Gasteiger partial charge in [0.05, 0.1) is 0 Å². The van der Waals surface area contributed by atoms with Crippen LogP contribution in [0.25, 0.3) is 0 Å². The van der Waals surface area contributed by atoms with Gasteiger partial charge in [0.1, 0.15) is 0 Å². The van der Waals surface area contributed by atoms with Crippen LogP contribution in [0.15, 0.2) is 24.3 Å². The monoisotopic (exact) mass is 304 g/mol. The van der Waals surface area contributed by atoms with E-state index in [-0.39, 0.29) is 0 Å². The first kappa shape index (κ1) is 15.6. The van der Waals surface area contributed by atoms with E-state index in [0.29, 0.717) is 10.7 Å². The number of urea groups is 1. The molecular weight excluding hydrogens is 297 g/mol. The molecule has 0 aliphatic carbocycles. The third-order valence-electron chi connectivity index (χ3n) is 1.11. The van der Waals surface area contributed by atoms with Gasteiger partial charge < -0.3 is 15.9 Å². The third kappa shape index (κ3) is 11.6. The highest BCUT2D eigenvalue weighted by Crippen LogP contribution is 2.51. The van der Waals surface area contributed by atoms with Crippen LogP contribution in [-0.4, -0.2) is 10.9 Å². The average Bonchev–Trinajstić information content (AvgIpc) is 2.05. The van der Waals surface area contributed by atoms with E-state index in [0.717, 1.165) is 0 Å². The van der Waals surface area contributed by atoms with Gasteiger partial charge in [-0.3, -0.25) is 4.57 Å². The van der Waals surface area contributed by atoms with Crippen molar-refractivity contribution in [2.24, 2.45) is 5.73 Å². The minimum absolute atomic E-state index is 0.577. The minimum Gasteiger partial charge on any atom is -0.351 e. The largest absolute Gasteiger partial charge is 0.377 e. The van der Waals surface area contributed by atoms with E-state index in [1.807, 2.05) is 0 Å². The van der Waals surface area contributed by atoms with Crippen molar-refractivity contribution in [1.29, 1.82) is 0 Å². The van der Waals surface area contributed by atoms with Crippen LogP contribution in [0.1, 0.15) is 0 Å². The van der Waals surface area contributed by atoms with E-state index in [1.165, 1.54) is 0 Å². The molecule has 0 atom stereocenters. The molecule has 2 amide bonds. The number of rotatable bonds is 1. The predicted molar refractivity (Wildman–Crippen MR) is 66.2 cm³/mol. The number of benzene rings is 1. The van der Waals surface area contributed by atoms with Crippen LogP contribution in [0.5, 0.6) is 0 Å². The van der Waals surface area contributed by atoms with Gasteiger partial charge in [0.2, 0.25) is 0 Å². The second kappa shape index (κ2) is 6.99. The molecule has 0 aromatic heterocycles. The summed E-state index contributed by atoms with van der Waals surface area (Å²) in [4.78, 5) is 17.9. The Bertz CT molecular complexity index is 384. The maximum absolute atomic E-state index is 10.3. The summed E-state index contributed by atoms with van der Waals surface area (Å²) in [6.07, 6.45) is -3.69. The fraction of sp³-hybridized carbons (Fsp3) is 0. The molecule has 90 valence electrons. The Balaban J connectivity index is 0.000000385. The summed E-state index contributed by atoms with van der Waals surface area (Å²) in [6, 6.07) is 6.12. The fourth-order valence-electron chi connectivity index (χ4n) is 0.675. The van der Waals surface area contributed by atoms with Gasteiger partial charge >= 0.3 is 12.1 Å². The topological polar surface area (TPSA) is 92.4 Å². The van der Waals surface area contributed by atoms with Crippen LogP contribution in [0, 0.1) is 0 Å². The highest BCUT2D eigenvalue weighted by Gasteiger charge is 2.02. The molecule has 0 saturated carbocycles. The first-order chi connectivity index (χ1) is 7.18. The molecule has 0 unspecified atom stereocenters. The molecule has 1 aromatic carbocycles. The second-order valence-corrected chi connectivity index (χ2v) is 7.01. The summed E-state index contributed by atoms with van der Waals surface area (Å²) in [5.41, 5.74) is 5.52. The van der Waals surface area contributed by atoms with Gasteiger partial charge in [0.25, 0.3) is 0 Å². The number of hydrogen-bond donors (Lipinski definition) is 3. The van der Waals surface area contributed by atoms with Crippen molar-refractivity contribution in [2.45, 2.75) is 0 Å². The summed E-state index contributed by atoms with van der Waals surface area (Å²) < 4.78 is 9.30. The Kier molecular flexibility index (Phi) is 6.79. The quantitative estimate of drug-likeness (QED) is 0.694. The Morgan fingerprint density at radius 2 is 1.69 bits per heavy atom. The van der Waals surface area contributed by atoms with Crippen LogP contribution in [0.3, 0.4) is 0 Å². The number of carbonyl (C=O) groups is 1. The maximum atomic E-state index is 10.3. The van der Waals surface area contributed by atoms with Gasteiger partial charge in [-0.1, -0.05) is 11.6 Å². The molecule has 1 rings (SSSR count). The van der Waals surface area contributed by atoms with E-state index in [4.69, 9.17) is 22.2 Å². The van der Waals surface area contributed by atoms with Crippen molar-refractivity contribution >= 4 is 51.9 Å². The number of primary amides is 1. The van der Waals surface area contributed by atoms with Crippen molar-refractivity contribution in [2.75, 3.05) is 5.32 Å². The normalized spacial score (nSPS) is 10.0. The lowest BCUT2D eigenvalue weighted by molar-refractivity contribution is 0.259. The van der Waals surface area contributed by atoms with Crippen molar-refractivity contribution in [3.63, 3.8) is 0 Å². The Morgan fingerprint density at radius 3 is 2.00 bits per heavy atom. The van der Waals surface area contributed by atoms with Gasteiger partial charge in [-0.25, -0.2) is 4.79 Å². The Hall–Kier alpha value is -0.450. The molecule has 4 N–H and O–H groups in total. The van der Waals surface area contributed by atoms with E-state index < -0.39 is 12.1 Å². The van der Waals surface area contributed by atoms with E-state index >= 15 is 0 Å². The van der Waals surface area contributed by atoms with Crippen LogP contribution in [-0.2, 0) is 4.57 Å². The molecule has 0 radical (unpaired) electrons. The molecule has 5 nitrogen and oxygen atoms in total. The third-order valence-corrected chi connectivity index (χ3v) is 1.36. The van der Waals surface area contributed by atoms with Gasteiger partial charge in [-0.2, -0.15) is 0 Å². The second-order valence-electron chi connectivity index (χ2n) is 2.43. The van der Waals surface area contributed by atoms with Crippen molar-refractivity contribution < 1.29 is 14.3 Å². The van der Waals surface area contributed by atoms with Gasteiger partial charge in [-0.05, 0) is 46.7 Å². The molecule has 1 aromatic rings. The minimum atomic E-state index is -3.69. The zero-order chi connectivity index (χ0) is 12.8. The highest BCUT2D eigenvalue weighted by atomic mass is 35.9. The van der Waals surface area contributed by atoms with E-state index in [1.54, 1.807) is 24.3 Å². The number of anilines is 1. The summed E-state index contributed by atoms with van der Waals surface area (Å²) in [7, 11) is 0. The zero-order valence-corrected chi connectivity index (χ0v) is 10.9. The van der Waals surface area contributed by atoms with Crippen LogP contribution in [0.4, 0.5) is 10.5 Å². The van der Waals surface area contributed by atoms with Crippen LogP contribution >= 0.6 is 40.2 Å². The molecule has 0 bridgehead atoms. The Morgan fingerprint density at radius 1 is 1.31 bits per heavy atom. The molecule has 0 aliphatic heterocycles. The van der Waals surface area contributed by atoms with Crippen LogP contribution < -0.4 is 11.1 Å².